The van der Waals surface area contributed by atoms with Gasteiger partial charge in [-0.15, -0.1) is 11.3 Å². The van der Waals surface area contributed by atoms with Gasteiger partial charge in [-0.1, -0.05) is 13.0 Å². The number of ketones is 1. The van der Waals surface area contributed by atoms with E-state index < -0.39 is 0 Å². The molecule has 2 aromatic heterocycles. The molecule has 2 aromatic rings. The van der Waals surface area contributed by atoms with Crippen LogP contribution < -0.4 is 10.4 Å². The lowest BCUT2D eigenvalue weighted by molar-refractivity contribution is -0.117. The van der Waals surface area contributed by atoms with Gasteiger partial charge in [0.25, 0.3) is 0 Å². The molecule has 0 saturated heterocycles. The third-order valence-electron chi connectivity index (χ3n) is 4.50. The first kappa shape index (κ1) is 15.3. The van der Waals surface area contributed by atoms with Crippen molar-refractivity contribution in [3.05, 3.63) is 51.1 Å². The standard InChI is InChI=1S/C18H20N4OS/c1-10-7-13-16(14(23)8-10)17(15-5-4-6-24-15)22(21-13)18-19-11(2)9-12(3)20-18/h4-6,9-10,17,21H,7-8H2,1-3H3/t10-,17+/m1/s1. The lowest BCUT2D eigenvalue weighted by Crippen LogP contribution is -2.36. The smallest absolute Gasteiger partial charge is 0.245 e. The van der Waals surface area contributed by atoms with Crippen LogP contribution in [0.15, 0.2) is 34.8 Å². The number of aryl methyl sites for hydroxylation is 2. The third kappa shape index (κ3) is 2.51. The number of aromatic nitrogens is 2. The monoisotopic (exact) mass is 340 g/mol. The molecule has 5 nitrogen and oxygen atoms in total. The molecule has 0 fully saturated rings. The highest BCUT2D eigenvalue weighted by atomic mass is 32.1. The van der Waals surface area contributed by atoms with E-state index >= 15 is 0 Å². The average Bonchev–Trinajstić information content (AvgIpc) is 3.12. The molecular weight excluding hydrogens is 320 g/mol. The van der Waals surface area contributed by atoms with Gasteiger partial charge < -0.3 is 0 Å². The number of Topliss-reactive ketones (excluding diaryl/α,β-unsaturated/α-hetero) is 1. The topological polar surface area (TPSA) is 58.1 Å². The molecule has 0 radical (unpaired) electrons. The average molecular weight is 340 g/mol. The Morgan fingerprint density at radius 1 is 1.25 bits per heavy atom. The number of nitrogens with zero attached hydrogens (tertiary/aromatic N) is 3. The minimum Gasteiger partial charge on any atom is -0.299 e. The zero-order valence-electron chi connectivity index (χ0n) is 14.0. The van der Waals surface area contributed by atoms with E-state index in [1.165, 1.54) is 0 Å². The van der Waals surface area contributed by atoms with Crippen molar-refractivity contribution in [3.63, 3.8) is 0 Å². The van der Waals surface area contributed by atoms with Crippen molar-refractivity contribution in [3.8, 4) is 0 Å². The molecule has 2 atom stereocenters. The van der Waals surface area contributed by atoms with Crippen LogP contribution in [-0.4, -0.2) is 15.8 Å². The summed E-state index contributed by atoms with van der Waals surface area (Å²) >= 11 is 1.66. The van der Waals surface area contributed by atoms with Gasteiger partial charge in [-0.05, 0) is 43.7 Å². The Morgan fingerprint density at radius 3 is 2.67 bits per heavy atom. The number of thiophene rings is 1. The first-order valence-corrected chi connectivity index (χ1v) is 9.08. The minimum absolute atomic E-state index is 0.138. The lowest BCUT2D eigenvalue weighted by Gasteiger charge is -2.25. The van der Waals surface area contributed by atoms with Gasteiger partial charge in [0.15, 0.2) is 5.78 Å². The van der Waals surface area contributed by atoms with Crippen molar-refractivity contribution in [2.24, 2.45) is 5.92 Å². The molecule has 3 heterocycles. The van der Waals surface area contributed by atoms with Crippen LogP contribution in [0.2, 0.25) is 0 Å². The highest BCUT2D eigenvalue weighted by molar-refractivity contribution is 7.10. The van der Waals surface area contributed by atoms with E-state index in [9.17, 15) is 4.79 Å². The molecule has 0 aromatic carbocycles. The highest BCUT2D eigenvalue weighted by Gasteiger charge is 2.42. The second-order valence-electron chi connectivity index (χ2n) is 6.68. The molecule has 1 aliphatic heterocycles. The number of carbonyl (C=O) groups excluding carboxylic acids is 1. The van der Waals surface area contributed by atoms with Crippen molar-refractivity contribution in [1.82, 2.24) is 15.4 Å². The second kappa shape index (κ2) is 5.70. The Hall–Kier alpha value is -2.21. The minimum atomic E-state index is -0.138. The summed E-state index contributed by atoms with van der Waals surface area (Å²) in [5.41, 5.74) is 7.20. The molecule has 1 N–H and O–H groups in total. The van der Waals surface area contributed by atoms with Gasteiger partial charge in [-0.2, -0.15) is 0 Å². The quantitative estimate of drug-likeness (QED) is 0.907. The third-order valence-corrected chi connectivity index (χ3v) is 5.42. The summed E-state index contributed by atoms with van der Waals surface area (Å²) < 4.78 is 0. The van der Waals surface area contributed by atoms with Crippen LogP contribution in [0.1, 0.15) is 42.1 Å². The number of nitrogens with one attached hydrogen (secondary N) is 1. The van der Waals surface area contributed by atoms with Crippen LogP contribution in [0.25, 0.3) is 0 Å². The molecular formula is C18H20N4OS. The molecule has 0 saturated carbocycles. The van der Waals surface area contributed by atoms with Gasteiger partial charge >= 0.3 is 0 Å². The largest absolute Gasteiger partial charge is 0.299 e. The van der Waals surface area contributed by atoms with Crippen LogP contribution in [0.4, 0.5) is 5.95 Å². The molecule has 0 amide bonds. The Balaban J connectivity index is 1.82. The van der Waals surface area contributed by atoms with Crippen LogP contribution >= 0.6 is 11.3 Å². The van der Waals surface area contributed by atoms with Crippen LogP contribution in [0.3, 0.4) is 0 Å². The number of rotatable bonds is 2. The molecule has 124 valence electrons. The van der Waals surface area contributed by atoms with E-state index in [2.05, 4.69) is 28.4 Å². The van der Waals surface area contributed by atoms with Crippen LogP contribution in [0.5, 0.6) is 0 Å². The maximum atomic E-state index is 12.7. The number of allylic oxidation sites excluding steroid dienone is 1. The van der Waals surface area contributed by atoms with Crippen molar-refractivity contribution in [1.29, 1.82) is 0 Å². The molecule has 6 heteroatoms. The second-order valence-corrected chi connectivity index (χ2v) is 7.66. The fourth-order valence-corrected chi connectivity index (χ4v) is 4.41. The summed E-state index contributed by atoms with van der Waals surface area (Å²) in [4.78, 5) is 23.1. The van der Waals surface area contributed by atoms with Gasteiger partial charge in [-0.25, -0.2) is 15.0 Å². The molecule has 1 aliphatic carbocycles. The van der Waals surface area contributed by atoms with Gasteiger partial charge in [-0.3, -0.25) is 10.2 Å². The van der Waals surface area contributed by atoms with E-state index in [1.807, 2.05) is 36.4 Å². The Bertz CT molecular complexity index is 807. The van der Waals surface area contributed by atoms with E-state index in [0.717, 1.165) is 34.0 Å². The summed E-state index contributed by atoms with van der Waals surface area (Å²) in [6, 6.07) is 5.92. The summed E-state index contributed by atoms with van der Waals surface area (Å²) in [5, 5.41) is 4.01. The maximum absolute atomic E-state index is 12.7. The highest BCUT2D eigenvalue weighted by Crippen LogP contribution is 2.43. The lowest BCUT2D eigenvalue weighted by atomic mass is 9.85. The summed E-state index contributed by atoms with van der Waals surface area (Å²) in [7, 11) is 0. The molecule has 4 rings (SSSR count). The molecule has 24 heavy (non-hydrogen) atoms. The van der Waals surface area contributed by atoms with E-state index in [-0.39, 0.29) is 11.8 Å². The molecule has 2 aliphatic rings. The number of hydrogen-bond donors (Lipinski definition) is 1. The van der Waals surface area contributed by atoms with Crippen molar-refractivity contribution in [2.75, 3.05) is 5.01 Å². The van der Waals surface area contributed by atoms with Crippen molar-refractivity contribution in [2.45, 2.75) is 39.7 Å². The fourth-order valence-electron chi connectivity index (χ4n) is 3.58. The summed E-state index contributed by atoms with van der Waals surface area (Å²) in [5.74, 6) is 1.23. The summed E-state index contributed by atoms with van der Waals surface area (Å²) in [6.07, 6.45) is 1.51. The Labute approximate surface area is 145 Å². The number of anilines is 1. The number of hydrazine groups is 1. The zero-order valence-corrected chi connectivity index (χ0v) is 14.9. The van der Waals surface area contributed by atoms with E-state index in [0.29, 0.717) is 18.3 Å². The Morgan fingerprint density at radius 2 is 2.00 bits per heavy atom. The van der Waals surface area contributed by atoms with Gasteiger partial charge in [0.2, 0.25) is 5.95 Å². The molecule has 0 spiro atoms. The van der Waals surface area contributed by atoms with Crippen molar-refractivity contribution >= 4 is 23.1 Å². The molecule has 0 unspecified atom stereocenters. The molecule has 0 bridgehead atoms. The summed E-state index contributed by atoms with van der Waals surface area (Å²) in [6.45, 7) is 6.06. The van der Waals surface area contributed by atoms with Gasteiger partial charge in [0, 0.05) is 34.0 Å². The first-order chi connectivity index (χ1) is 11.5. The first-order valence-electron chi connectivity index (χ1n) is 8.20. The normalized spacial score (nSPS) is 23.5. The van der Waals surface area contributed by atoms with Crippen LogP contribution in [0, 0.1) is 19.8 Å². The Kier molecular flexibility index (Phi) is 3.64. The number of carbonyl (C=O) groups is 1. The predicted octanol–water partition coefficient (Wildman–Crippen LogP) is 3.47. The maximum Gasteiger partial charge on any atom is 0.245 e. The van der Waals surface area contributed by atoms with Gasteiger partial charge in [0.05, 0.1) is 0 Å². The number of hydrogen-bond acceptors (Lipinski definition) is 6. The SMILES string of the molecule is Cc1cc(C)nc(N2NC3=C(C(=O)C[C@H](C)C3)[C@@H]2c2cccs2)n1. The van der Waals surface area contributed by atoms with Crippen molar-refractivity contribution < 1.29 is 4.79 Å². The zero-order chi connectivity index (χ0) is 16.8. The van der Waals surface area contributed by atoms with E-state index in [4.69, 9.17) is 0 Å². The van der Waals surface area contributed by atoms with Gasteiger partial charge in [0.1, 0.15) is 6.04 Å². The predicted molar refractivity (Wildman–Crippen MR) is 94.6 cm³/mol. The van der Waals surface area contributed by atoms with Crippen LogP contribution in [-0.2, 0) is 4.79 Å². The fraction of sp³-hybridized carbons (Fsp3) is 0.389. The van der Waals surface area contributed by atoms with E-state index in [1.54, 1.807) is 11.3 Å².